The Kier molecular flexibility index (Phi) is 5.51. The Labute approximate surface area is 133 Å². The zero-order chi connectivity index (χ0) is 15.4. The van der Waals surface area contributed by atoms with Crippen molar-refractivity contribution in [2.24, 2.45) is 0 Å². The molecule has 0 N–H and O–H groups in total. The van der Waals surface area contributed by atoms with Crippen LogP contribution in [0.15, 0.2) is 36.4 Å². The predicted octanol–water partition coefficient (Wildman–Crippen LogP) is 5.89. The first kappa shape index (κ1) is 16.2. The lowest BCUT2D eigenvalue weighted by Gasteiger charge is -2.19. The van der Waals surface area contributed by atoms with E-state index in [1.54, 1.807) is 6.07 Å². The van der Waals surface area contributed by atoms with E-state index < -0.39 is 11.6 Å². The van der Waals surface area contributed by atoms with Gasteiger partial charge in [-0.05, 0) is 61.1 Å². The van der Waals surface area contributed by atoms with Gasteiger partial charge in [-0.25, -0.2) is 8.78 Å². The largest absolute Gasteiger partial charge is 0.204 e. The molecular formula is C18H19BrF2. The van der Waals surface area contributed by atoms with Crippen molar-refractivity contribution >= 4 is 15.9 Å². The zero-order valence-corrected chi connectivity index (χ0v) is 13.9. The second kappa shape index (κ2) is 7.17. The lowest BCUT2D eigenvalue weighted by atomic mass is 9.86. The van der Waals surface area contributed by atoms with E-state index in [4.69, 9.17) is 0 Å². The summed E-state index contributed by atoms with van der Waals surface area (Å²) >= 11 is 3.44. The fourth-order valence-corrected chi connectivity index (χ4v) is 2.84. The van der Waals surface area contributed by atoms with E-state index in [-0.39, 0.29) is 5.92 Å². The van der Waals surface area contributed by atoms with Crippen molar-refractivity contribution in [2.75, 3.05) is 5.33 Å². The highest BCUT2D eigenvalue weighted by Gasteiger charge is 2.16. The molecule has 1 atom stereocenters. The molecule has 0 bridgehead atoms. The summed E-state index contributed by atoms with van der Waals surface area (Å²) in [5, 5.41) is 0.901. The molecule has 0 saturated carbocycles. The van der Waals surface area contributed by atoms with Gasteiger partial charge >= 0.3 is 0 Å². The highest BCUT2D eigenvalue weighted by Crippen LogP contribution is 2.31. The van der Waals surface area contributed by atoms with Gasteiger partial charge in [-0.1, -0.05) is 40.2 Å². The van der Waals surface area contributed by atoms with Crippen LogP contribution in [0.4, 0.5) is 8.78 Å². The van der Waals surface area contributed by atoms with Crippen LogP contribution in [0.1, 0.15) is 41.0 Å². The van der Waals surface area contributed by atoms with Gasteiger partial charge in [-0.2, -0.15) is 0 Å². The van der Waals surface area contributed by atoms with Gasteiger partial charge in [0.2, 0.25) is 0 Å². The quantitative estimate of drug-likeness (QED) is 0.588. The second-order valence-corrected chi connectivity index (χ2v) is 6.19. The van der Waals surface area contributed by atoms with Crippen molar-refractivity contribution in [2.45, 2.75) is 32.6 Å². The molecule has 0 aliphatic rings. The van der Waals surface area contributed by atoms with Gasteiger partial charge in [0.25, 0.3) is 0 Å². The van der Waals surface area contributed by atoms with Gasteiger partial charge in [-0.3, -0.25) is 0 Å². The summed E-state index contributed by atoms with van der Waals surface area (Å²) in [6.07, 6.45) is 1.88. The van der Waals surface area contributed by atoms with Gasteiger partial charge < -0.3 is 0 Å². The maximum absolute atomic E-state index is 13.5. The van der Waals surface area contributed by atoms with Crippen LogP contribution in [0.3, 0.4) is 0 Å². The summed E-state index contributed by atoms with van der Waals surface area (Å²) in [4.78, 5) is 0. The summed E-state index contributed by atoms with van der Waals surface area (Å²) in [5.74, 6) is -1.48. The van der Waals surface area contributed by atoms with Gasteiger partial charge in [0, 0.05) is 11.2 Å². The highest BCUT2D eigenvalue weighted by atomic mass is 79.9. The van der Waals surface area contributed by atoms with E-state index in [1.807, 2.05) is 0 Å². The average Bonchev–Trinajstić information content (AvgIpc) is 2.46. The number of hydrogen-bond acceptors (Lipinski definition) is 0. The zero-order valence-electron chi connectivity index (χ0n) is 12.3. The first-order chi connectivity index (χ1) is 10.0. The number of rotatable bonds is 5. The molecule has 0 nitrogen and oxygen atoms in total. The molecule has 0 heterocycles. The highest BCUT2D eigenvalue weighted by molar-refractivity contribution is 9.09. The fourth-order valence-electron chi connectivity index (χ4n) is 2.52. The first-order valence-electron chi connectivity index (χ1n) is 7.11. The van der Waals surface area contributed by atoms with Crippen LogP contribution >= 0.6 is 15.9 Å². The van der Waals surface area contributed by atoms with Crippen LogP contribution in [0.25, 0.3) is 0 Å². The van der Waals surface area contributed by atoms with Gasteiger partial charge in [0.05, 0.1) is 0 Å². The molecule has 21 heavy (non-hydrogen) atoms. The van der Waals surface area contributed by atoms with E-state index in [9.17, 15) is 8.78 Å². The van der Waals surface area contributed by atoms with E-state index in [0.717, 1.165) is 29.3 Å². The van der Waals surface area contributed by atoms with Crippen molar-refractivity contribution in [3.63, 3.8) is 0 Å². The van der Waals surface area contributed by atoms with Crippen LogP contribution < -0.4 is 0 Å². The van der Waals surface area contributed by atoms with Crippen molar-refractivity contribution in [1.82, 2.24) is 0 Å². The molecule has 0 aromatic heterocycles. The monoisotopic (exact) mass is 352 g/mol. The van der Waals surface area contributed by atoms with Crippen LogP contribution in [-0.2, 0) is 0 Å². The van der Waals surface area contributed by atoms with Crippen molar-refractivity contribution in [3.8, 4) is 0 Å². The minimum Gasteiger partial charge on any atom is -0.204 e. The smallest absolute Gasteiger partial charge is 0.159 e. The number of benzene rings is 2. The van der Waals surface area contributed by atoms with Crippen LogP contribution in [0.2, 0.25) is 0 Å². The van der Waals surface area contributed by atoms with E-state index >= 15 is 0 Å². The van der Waals surface area contributed by atoms with Crippen molar-refractivity contribution in [1.29, 1.82) is 0 Å². The van der Waals surface area contributed by atoms with E-state index in [2.05, 4.69) is 48.0 Å². The van der Waals surface area contributed by atoms with Gasteiger partial charge in [0.1, 0.15) is 0 Å². The molecule has 0 aliphatic heterocycles. The molecule has 2 rings (SSSR count). The van der Waals surface area contributed by atoms with Crippen LogP contribution in [-0.4, -0.2) is 5.33 Å². The third-order valence-electron chi connectivity index (χ3n) is 3.91. The van der Waals surface area contributed by atoms with Gasteiger partial charge in [-0.15, -0.1) is 0 Å². The molecule has 0 radical (unpaired) electrons. The molecule has 112 valence electrons. The fraction of sp³-hybridized carbons (Fsp3) is 0.333. The summed E-state index contributed by atoms with van der Waals surface area (Å²) in [7, 11) is 0. The third kappa shape index (κ3) is 3.91. The third-order valence-corrected chi connectivity index (χ3v) is 4.47. The molecule has 2 aromatic rings. The molecule has 3 heteroatoms. The first-order valence-corrected chi connectivity index (χ1v) is 8.23. The molecule has 0 saturated heterocycles. The van der Waals surface area contributed by atoms with Gasteiger partial charge in [0.15, 0.2) is 11.6 Å². The minimum atomic E-state index is -0.793. The SMILES string of the molecule is Cc1ccc([C@@H](CCCBr)c2ccc(F)c(F)c2)cc1C. The molecular weight excluding hydrogens is 334 g/mol. The summed E-state index contributed by atoms with van der Waals surface area (Å²) in [6, 6.07) is 10.5. The lowest BCUT2D eigenvalue weighted by Crippen LogP contribution is -2.04. The Morgan fingerprint density at radius 1 is 0.905 bits per heavy atom. The number of halogens is 3. The van der Waals surface area contributed by atoms with Crippen LogP contribution in [0, 0.1) is 25.5 Å². The Morgan fingerprint density at radius 2 is 1.57 bits per heavy atom. The molecule has 0 spiro atoms. The summed E-state index contributed by atoms with van der Waals surface area (Å²) in [6.45, 7) is 4.15. The number of alkyl halides is 1. The molecule has 0 unspecified atom stereocenters. The normalized spacial score (nSPS) is 12.4. The molecule has 0 aliphatic carbocycles. The Bertz CT molecular complexity index is 571. The Balaban J connectivity index is 2.41. The number of hydrogen-bond donors (Lipinski definition) is 0. The lowest BCUT2D eigenvalue weighted by molar-refractivity contribution is 0.505. The maximum Gasteiger partial charge on any atom is 0.159 e. The maximum atomic E-state index is 13.5. The number of aryl methyl sites for hydroxylation is 2. The average molecular weight is 353 g/mol. The predicted molar refractivity (Wildman–Crippen MR) is 87.1 cm³/mol. The van der Waals surface area contributed by atoms with E-state index in [1.165, 1.54) is 23.3 Å². The molecule has 2 aromatic carbocycles. The summed E-state index contributed by atoms with van der Waals surface area (Å²) in [5.41, 5.74) is 4.45. The Morgan fingerprint density at radius 3 is 2.19 bits per heavy atom. The van der Waals surface area contributed by atoms with E-state index in [0.29, 0.717) is 0 Å². The van der Waals surface area contributed by atoms with Crippen molar-refractivity contribution in [3.05, 3.63) is 70.3 Å². The summed E-state index contributed by atoms with van der Waals surface area (Å²) < 4.78 is 26.7. The molecule has 0 amide bonds. The van der Waals surface area contributed by atoms with Crippen LogP contribution in [0.5, 0.6) is 0 Å². The van der Waals surface area contributed by atoms with Crippen molar-refractivity contribution < 1.29 is 8.78 Å². The molecule has 0 fully saturated rings. The second-order valence-electron chi connectivity index (χ2n) is 5.40. The topological polar surface area (TPSA) is 0 Å². The Hall–Kier alpha value is -1.22. The standard InChI is InChI=1S/C18H19BrF2/c1-12-5-6-14(10-13(12)2)16(4-3-9-19)15-7-8-17(20)18(21)11-15/h5-8,10-11,16H,3-4,9H2,1-2H3/t16-/m1/s1. The minimum absolute atomic E-state index is 0.0944.